The van der Waals surface area contributed by atoms with Gasteiger partial charge in [-0.1, -0.05) is 178 Å². The van der Waals surface area contributed by atoms with Crippen molar-refractivity contribution >= 4 is 11.9 Å². The van der Waals surface area contributed by atoms with Gasteiger partial charge in [-0.3, -0.25) is 9.59 Å². The minimum Gasteiger partial charge on any atom is -0.462 e. The third-order valence-corrected chi connectivity index (χ3v) is 9.54. The summed E-state index contributed by atoms with van der Waals surface area (Å²) in [6, 6.07) is 0. The second-order valence-electron chi connectivity index (χ2n) is 14.9. The van der Waals surface area contributed by atoms with E-state index in [9.17, 15) is 9.59 Å². The van der Waals surface area contributed by atoms with Crippen molar-refractivity contribution in [2.45, 2.75) is 219 Å². The third-order valence-electron chi connectivity index (χ3n) is 9.54. The summed E-state index contributed by atoms with van der Waals surface area (Å²) in [5, 5.41) is 0. The lowest BCUT2D eigenvalue weighted by atomic mass is 10.1. The molecule has 5 nitrogen and oxygen atoms in total. The average Bonchev–Trinajstić information content (AvgIpc) is 3.17. The van der Waals surface area contributed by atoms with E-state index in [-0.39, 0.29) is 25.2 Å². The summed E-state index contributed by atoms with van der Waals surface area (Å²) in [6.07, 6.45) is 55.1. The molecule has 0 amide bonds. The van der Waals surface area contributed by atoms with Crippen molar-refractivity contribution in [3.8, 4) is 0 Å². The van der Waals surface area contributed by atoms with Gasteiger partial charge in [-0.25, -0.2) is 0 Å². The Balaban J connectivity index is 4.20. The van der Waals surface area contributed by atoms with Crippen LogP contribution in [0.1, 0.15) is 213 Å². The van der Waals surface area contributed by atoms with Gasteiger partial charge in [0.05, 0.1) is 6.61 Å². The number of carbonyl (C=O) groups is 2. The van der Waals surface area contributed by atoms with Gasteiger partial charge < -0.3 is 14.2 Å². The lowest BCUT2D eigenvalue weighted by molar-refractivity contribution is -0.163. The molecule has 5 heteroatoms. The molecule has 0 rings (SSSR count). The molecule has 0 aliphatic rings. The normalized spacial score (nSPS) is 12.7. The Hall–Kier alpha value is -2.40. The van der Waals surface area contributed by atoms with Gasteiger partial charge in [0.25, 0.3) is 0 Å². The van der Waals surface area contributed by atoms with E-state index >= 15 is 0 Å². The number of rotatable bonds is 41. The number of hydrogen-bond donors (Lipinski definition) is 0. The van der Waals surface area contributed by atoms with Crippen LogP contribution in [0.4, 0.5) is 0 Å². The zero-order valence-corrected chi connectivity index (χ0v) is 35.7. The third kappa shape index (κ3) is 42.3. The van der Waals surface area contributed by atoms with Crippen LogP contribution in [0.25, 0.3) is 0 Å². The molecule has 0 aromatic rings. The maximum atomic E-state index is 12.6. The summed E-state index contributed by atoms with van der Waals surface area (Å²) in [4.78, 5) is 25.1. The molecule has 0 aromatic carbocycles. The molecule has 0 aliphatic carbocycles. The van der Waals surface area contributed by atoms with Crippen LogP contribution in [0.3, 0.4) is 0 Å². The highest BCUT2D eigenvalue weighted by Gasteiger charge is 2.17. The Morgan fingerprint density at radius 1 is 0.426 bits per heavy atom. The van der Waals surface area contributed by atoms with Crippen LogP contribution < -0.4 is 0 Å². The summed E-state index contributed by atoms with van der Waals surface area (Å²) in [5.74, 6) is -0.424. The van der Waals surface area contributed by atoms with Crippen molar-refractivity contribution in [3.63, 3.8) is 0 Å². The van der Waals surface area contributed by atoms with Gasteiger partial charge in [-0.15, -0.1) is 0 Å². The number of esters is 2. The van der Waals surface area contributed by atoms with Gasteiger partial charge in [-0.05, 0) is 83.5 Å². The van der Waals surface area contributed by atoms with E-state index in [1.165, 1.54) is 89.9 Å². The lowest BCUT2D eigenvalue weighted by Crippen LogP contribution is -2.30. The quantitative estimate of drug-likeness (QED) is 0.0353. The number of allylic oxidation sites excluding steroid dienone is 10. The van der Waals surface area contributed by atoms with Crippen molar-refractivity contribution in [2.75, 3.05) is 19.8 Å². The van der Waals surface area contributed by atoms with Crippen molar-refractivity contribution in [1.29, 1.82) is 0 Å². The van der Waals surface area contributed by atoms with Crippen LogP contribution in [0, 0.1) is 0 Å². The van der Waals surface area contributed by atoms with Gasteiger partial charge in [0.15, 0.2) is 6.10 Å². The van der Waals surface area contributed by atoms with E-state index in [0.717, 1.165) is 89.9 Å². The molecule has 0 bridgehead atoms. The highest BCUT2D eigenvalue weighted by molar-refractivity contribution is 5.70. The second kappa shape index (κ2) is 45.0. The predicted molar refractivity (Wildman–Crippen MR) is 233 cm³/mol. The zero-order chi connectivity index (χ0) is 39.3. The van der Waals surface area contributed by atoms with Gasteiger partial charge in [0.2, 0.25) is 0 Å². The van der Waals surface area contributed by atoms with Crippen molar-refractivity contribution in [3.05, 3.63) is 60.8 Å². The van der Waals surface area contributed by atoms with E-state index in [4.69, 9.17) is 14.2 Å². The minimum atomic E-state index is -0.545. The molecule has 0 aliphatic heterocycles. The molecule has 0 N–H and O–H groups in total. The molecule has 0 aromatic heterocycles. The molecule has 0 saturated carbocycles. The highest BCUT2D eigenvalue weighted by Crippen LogP contribution is 2.13. The summed E-state index contributed by atoms with van der Waals surface area (Å²) >= 11 is 0. The van der Waals surface area contributed by atoms with Crippen LogP contribution in [0.15, 0.2) is 60.8 Å². The molecule has 312 valence electrons. The van der Waals surface area contributed by atoms with Crippen molar-refractivity contribution in [2.24, 2.45) is 0 Å². The molecule has 1 atom stereocenters. The molecular formula is C49H86O5. The molecule has 0 saturated heterocycles. The van der Waals surface area contributed by atoms with E-state index in [2.05, 4.69) is 81.5 Å². The fourth-order valence-corrected chi connectivity index (χ4v) is 6.14. The van der Waals surface area contributed by atoms with E-state index in [1.807, 2.05) is 0 Å². The van der Waals surface area contributed by atoms with Gasteiger partial charge in [0.1, 0.15) is 6.61 Å². The maximum absolute atomic E-state index is 12.6. The predicted octanol–water partition coefficient (Wildman–Crippen LogP) is 15.0. The first-order valence-electron chi connectivity index (χ1n) is 22.8. The summed E-state index contributed by atoms with van der Waals surface area (Å²) < 4.78 is 17.2. The molecule has 0 radical (unpaired) electrons. The van der Waals surface area contributed by atoms with Crippen LogP contribution in [0.5, 0.6) is 0 Å². The van der Waals surface area contributed by atoms with E-state index in [0.29, 0.717) is 19.4 Å². The van der Waals surface area contributed by atoms with E-state index < -0.39 is 6.10 Å². The SMILES string of the molecule is CC/C=C\C/C=C\C/C=C\C/C=C\CCCCCCCOCC(COC(=O)CCCCCCC/C=C\CCCCCC)OC(=O)CCCCCCCCC. The molecule has 0 fully saturated rings. The number of unbranched alkanes of at least 4 members (excludes halogenated alkanes) is 20. The lowest BCUT2D eigenvalue weighted by Gasteiger charge is -2.18. The second-order valence-corrected chi connectivity index (χ2v) is 14.9. The topological polar surface area (TPSA) is 61.8 Å². The smallest absolute Gasteiger partial charge is 0.306 e. The molecule has 54 heavy (non-hydrogen) atoms. The van der Waals surface area contributed by atoms with Gasteiger partial charge in [0, 0.05) is 19.4 Å². The van der Waals surface area contributed by atoms with Crippen LogP contribution in [-0.4, -0.2) is 37.9 Å². The van der Waals surface area contributed by atoms with Gasteiger partial charge in [-0.2, -0.15) is 0 Å². The minimum absolute atomic E-state index is 0.0731. The Morgan fingerprint density at radius 2 is 0.833 bits per heavy atom. The average molecular weight is 755 g/mol. The first-order chi connectivity index (χ1) is 26.6. The highest BCUT2D eigenvalue weighted by atomic mass is 16.6. The van der Waals surface area contributed by atoms with Crippen LogP contribution in [-0.2, 0) is 23.8 Å². The first-order valence-corrected chi connectivity index (χ1v) is 22.8. The first kappa shape index (κ1) is 51.6. The van der Waals surface area contributed by atoms with Gasteiger partial charge >= 0.3 is 11.9 Å². The Kier molecular flexibility index (Phi) is 43.0. The van der Waals surface area contributed by atoms with Crippen LogP contribution >= 0.6 is 0 Å². The largest absolute Gasteiger partial charge is 0.462 e. The van der Waals surface area contributed by atoms with Crippen LogP contribution in [0.2, 0.25) is 0 Å². The summed E-state index contributed by atoms with van der Waals surface area (Å²) in [5.41, 5.74) is 0. The van der Waals surface area contributed by atoms with E-state index in [1.54, 1.807) is 0 Å². The Bertz CT molecular complexity index is 946. The Labute approximate surface area is 334 Å². The van der Waals surface area contributed by atoms with Crippen molar-refractivity contribution < 1.29 is 23.8 Å². The monoisotopic (exact) mass is 755 g/mol. The standard InChI is InChI=1S/C49H86O5/c1-4-7-10-13-16-18-20-22-23-24-25-26-28-30-32-35-38-41-44-52-45-47(54-49(51)43-40-37-33-15-12-9-6-3)46-53-48(50)42-39-36-34-31-29-27-21-19-17-14-11-8-5-2/h7,10,16,18-19,21-23,25-26,47H,4-6,8-9,11-15,17,20,24,27-46H2,1-3H3/b10-7-,18-16-,21-19-,23-22-,26-25-. The molecular weight excluding hydrogens is 669 g/mol. The number of hydrogen-bond acceptors (Lipinski definition) is 5. The molecule has 0 heterocycles. The number of ether oxygens (including phenoxy) is 3. The fourth-order valence-electron chi connectivity index (χ4n) is 6.14. The summed E-state index contributed by atoms with van der Waals surface area (Å²) in [6.45, 7) is 7.61. The zero-order valence-electron chi connectivity index (χ0n) is 35.7. The number of carbonyl (C=O) groups excluding carboxylic acids is 2. The fraction of sp³-hybridized carbons (Fsp3) is 0.755. The maximum Gasteiger partial charge on any atom is 0.306 e. The molecule has 0 spiro atoms. The molecule has 1 unspecified atom stereocenters. The van der Waals surface area contributed by atoms with Crippen molar-refractivity contribution in [1.82, 2.24) is 0 Å². The Morgan fingerprint density at radius 3 is 1.37 bits per heavy atom. The summed E-state index contributed by atoms with van der Waals surface area (Å²) in [7, 11) is 0.